The van der Waals surface area contributed by atoms with E-state index in [2.05, 4.69) is 48.5 Å². The molecule has 6 nitrogen and oxygen atoms in total. The van der Waals surface area contributed by atoms with E-state index in [0.717, 1.165) is 36.1 Å². The fourth-order valence-corrected chi connectivity index (χ4v) is 2.63. The van der Waals surface area contributed by atoms with Crippen molar-refractivity contribution in [2.45, 2.75) is 20.4 Å². The molecule has 144 valence electrons. The zero-order chi connectivity index (χ0) is 18.2. The largest absolute Gasteiger partial charge is 0.493 e. The summed E-state index contributed by atoms with van der Waals surface area (Å²) in [6.07, 6.45) is 0. The van der Waals surface area contributed by atoms with Crippen LogP contribution in [0.4, 0.5) is 0 Å². The predicted octanol–water partition coefficient (Wildman–Crippen LogP) is 2.57. The maximum atomic E-state index is 5.34. The van der Waals surface area contributed by atoms with Gasteiger partial charge in [0.25, 0.3) is 0 Å². The van der Waals surface area contributed by atoms with Gasteiger partial charge in [-0.05, 0) is 37.2 Å². The second-order valence-electron chi connectivity index (χ2n) is 6.87. The van der Waals surface area contributed by atoms with Gasteiger partial charge >= 0.3 is 0 Å². The van der Waals surface area contributed by atoms with E-state index in [-0.39, 0.29) is 29.4 Å². The van der Waals surface area contributed by atoms with E-state index >= 15 is 0 Å². The van der Waals surface area contributed by atoms with E-state index in [4.69, 9.17) is 9.47 Å². The van der Waals surface area contributed by atoms with Crippen LogP contribution in [0.2, 0.25) is 0 Å². The number of rotatable bonds is 8. The fraction of sp³-hybridized carbons (Fsp3) is 0.611. The number of hydrogen-bond acceptors (Lipinski definition) is 4. The number of methoxy groups -OCH3 is 2. The molecule has 25 heavy (non-hydrogen) atoms. The normalized spacial score (nSPS) is 11.8. The number of benzene rings is 1. The summed E-state index contributed by atoms with van der Waals surface area (Å²) in [5, 5.41) is 6.72. The average Bonchev–Trinajstić information content (AvgIpc) is 2.53. The molecule has 0 fully saturated rings. The summed E-state index contributed by atoms with van der Waals surface area (Å²) in [4.78, 5) is 6.48. The third-order valence-corrected chi connectivity index (χ3v) is 3.61. The van der Waals surface area contributed by atoms with Gasteiger partial charge in [0.15, 0.2) is 17.5 Å². The quantitative estimate of drug-likeness (QED) is 0.352. The first-order valence-electron chi connectivity index (χ1n) is 8.11. The summed E-state index contributed by atoms with van der Waals surface area (Å²) in [7, 11) is 9.24. The Balaban J connectivity index is 0.00000576. The highest BCUT2D eigenvalue weighted by Crippen LogP contribution is 2.27. The van der Waals surface area contributed by atoms with Gasteiger partial charge in [-0.3, -0.25) is 4.99 Å². The van der Waals surface area contributed by atoms with Gasteiger partial charge in [-0.15, -0.1) is 24.0 Å². The molecule has 0 aliphatic carbocycles. The Labute approximate surface area is 169 Å². The lowest BCUT2D eigenvalue weighted by Gasteiger charge is -2.29. The van der Waals surface area contributed by atoms with Crippen LogP contribution in [0.1, 0.15) is 19.4 Å². The van der Waals surface area contributed by atoms with Crippen LogP contribution < -0.4 is 20.1 Å². The zero-order valence-corrected chi connectivity index (χ0v) is 18.8. The second-order valence-corrected chi connectivity index (χ2v) is 6.87. The third-order valence-electron chi connectivity index (χ3n) is 3.61. The minimum absolute atomic E-state index is 0. The summed E-state index contributed by atoms with van der Waals surface area (Å²) in [5.41, 5.74) is 1.26. The van der Waals surface area contributed by atoms with E-state index in [9.17, 15) is 0 Å². The molecule has 0 bridgehead atoms. The van der Waals surface area contributed by atoms with Gasteiger partial charge in [0.2, 0.25) is 0 Å². The van der Waals surface area contributed by atoms with Crippen LogP contribution in [0, 0.1) is 5.41 Å². The highest BCUT2D eigenvalue weighted by molar-refractivity contribution is 14.0. The first-order chi connectivity index (χ1) is 11.3. The van der Waals surface area contributed by atoms with Crippen molar-refractivity contribution in [1.82, 2.24) is 15.5 Å². The standard InChI is InChI=1S/C18H32N4O2.HI/c1-18(2,13-22(4)5)12-21-17(19-3)20-11-14-8-9-15(23-6)16(10-14)24-7;/h8-10H,11-13H2,1-7H3,(H2,19,20,21);1H. The van der Waals surface area contributed by atoms with Crippen molar-refractivity contribution < 1.29 is 9.47 Å². The van der Waals surface area contributed by atoms with E-state index in [1.165, 1.54) is 0 Å². The van der Waals surface area contributed by atoms with Crippen molar-refractivity contribution in [3.05, 3.63) is 23.8 Å². The van der Waals surface area contributed by atoms with Crippen molar-refractivity contribution in [3.63, 3.8) is 0 Å². The van der Waals surface area contributed by atoms with Gasteiger partial charge in [0, 0.05) is 26.7 Å². The van der Waals surface area contributed by atoms with Crippen molar-refractivity contribution in [3.8, 4) is 11.5 Å². The topological polar surface area (TPSA) is 58.1 Å². The first-order valence-corrected chi connectivity index (χ1v) is 8.11. The Kier molecular flexibility index (Phi) is 10.8. The summed E-state index contributed by atoms with van der Waals surface area (Å²) in [6, 6.07) is 5.89. The van der Waals surface area contributed by atoms with Crippen molar-refractivity contribution >= 4 is 29.9 Å². The first kappa shape index (κ1) is 23.8. The molecule has 1 rings (SSSR count). The van der Waals surface area contributed by atoms with Crippen LogP contribution in [-0.2, 0) is 6.54 Å². The molecule has 0 heterocycles. The third kappa shape index (κ3) is 8.62. The number of ether oxygens (including phenoxy) is 2. The zero-order valence-electron chi connectivity index (χ0n) is 16.5. The number of nitrogens with one attached hydrogen (secondary N) is 2. The summed E-state index contributed by atoms with van der Waals surface area (Å²) < 4.78 is 10.6. The minimum Gasteiger partial charge on any atom is -0.493 e. The molecular formula is C18H33IN4O2. The molecule has 0 atom stereocenters. The highest BCUT2D eigenvalue weighted by Gasteiger charge is 2.19. The van der Waals surface area contributed by atoms with Crippen LogP contribution in [0.15, 0.2) is 23.2 Å². The van der Waals surface area contributed by atoms with Gasteiger partial charge in [-0.1, -0.05) is 19.9 Å². The fourth-order valence-electron chi connectivity index (χ4n) is 2.63. The molecular weight excluding hydrogens is 431 g/mol. The van der Waals surface area contributed by atoms with Crippen molar-refractivity contribution in [1.29, 1.82) is 0 Å². The molecule has 0 amide bonds. The Bertz CT molecular complexity index is 548. The molecule has 0 unspecified atom stereocenters. The van der Waals surface area contributed by atoms with Gasteiger partial charge in [0.1, 0.15) is 0 Å². The molecule has 0 aliphatic rings. The lowest BCUT2D eigenvalue weighted by molar-refractivity contribution is 0.241. The molecule has 1 aromatic rings. The summed E-state index contributed by atoms with van der Waals surface area (Å²) in [5.74, 6) is 2.25. The Morgan fingerprint density at radius 2 is 1.76 bits per heavy atom. The molecule has 0 spiro atoms. The number of guanidine groups is 1. The highest BCUT2D eigenvalue weighted by atomic mass is 127. The number of nitrogens with zero attached hydrogens (tertiary/aromatic N) is 2. The molecule has 0 aliphatic heterocycles. The van der Waals surface area contributed by atoms with Gasteiger partial charge in [-0.25, -0.2) is 0 Å². The van der Waals surface area contributed by atoms with E-state index < -0.39 is 0 Å². The molecule has 7 heteroatoms. The van der Waals surface area contributed by atoms with Crippen LogP contribution in [0.3, 0.4) is 0 Å². The molecule has 0 radical (unpaired) electrons. The van der Waals surface area contributed by atoms with Gasteiger partial charge in [-0.2, -0.15) is 0 Å². The molecule has 0 aromatic heterocycles. The van der Waals surface area contributed by atoms with E-state index in [0.29, 0.717) is 6.54 Å². The molecule has 0 saturated carbocycles. The van der Waals surface area contributed by atoms with Gasteiger partial charge in [0.05, 0.1) is 14.2 Å². The van der Waals surface area contributed by atoms with Crippen molar-refractivity contribution in [2.75, 3.05) is 48.5 Å². The SMILES string of the molecule is CN=C(NCc1ccc(OC)c(OC)c1)NCC(C)(C)CN(C)C.I. The lowest BCUT2D eigenvalue weighted by Crippen LogP contribution is -2.44. The number of aliphatic imine (C=N–C) groups is 1. The molecule has 1 aromatic carbocycles. The number of hydrogen-bond donors (Lipinski definition) is 2. The average molecular weight is 464 g/mol. The summed E-state index contributed by atoms with van der Waals surface area (Å²) in [6.45, 7) is 6.99. The Morgan fingerprint density at radius 3 is 2.28 bits per heavy atom. The summed E-state index contributed by atoms with van der Waals surface area (Å²) >= 11 is 0. The maximum absolute atomic E-state index is 5.34. The van der Waals surface area contributed by atoms with E-state index in [1.807, 2.05) is 18.2 Å². The lowest BCUT2D eigenvalue weighted by atomic mass is 9.93. The molecule has 0 saturated heterocycles. The predicted molar refractivity (Wildman–Crippen MR) is 115 cm³/mol. The second kappa shape index (κ2) is 11.4. The van der Waals surface area contributed by atoms with Gasteiger partial charge < -0.3 is 25.0 Å². The van der Waals surface area contributed by atoms with E-state index in [1.54, 1.807) is 21.3 Å². The Hall–Kier alpha value is -1.22. The maximum Gasteiger partial charge on any atom is 0.191 e. The minimum atomic E-state index is 0. The van der Waals surface area contributed by atoms with Crippen molar-refractivity contribution in [2.24, 2.45) is 10.4 Å². The van der Waals surface area contributed by atoms with Crippen LogP contribution in [-0.4, -0.2) is 59.3 Å². The van der Waals surface area contributed by atoms with Crippen LogP contribution in [0.5, 0.6) is 11.5 Å². The van der Waals surface area contributed by atoms with Crippen LogP contribution >= 0.6 is 24.0 Å². The number of halogens is 1. The smallest absolute Gasteiger partial charge is 0.191 e. The van der Waals surface area contributed by atoms with Crippen LogP contribution in [0.25, 0.3) is 0 Å². The monoisotopic (exact) mass is 464 g/mol. The Morgan fingerprint density at radius 1 is 1.12 bits per heavy atom. The molecule has 2 N–H and O–H groups in total.